The van der Waals surface area contributed by atoms with Crippen LogP contribution in [0.4, 0.5) is 0 Å². The molecule has 7 nitrogen and oxygen atoms in total. The standard InChI is InChI=1S/C21H24N4O3/c1-2-25-18-10-9-16(13-17(18)23-19(26)21(25)28)20(27)24(12-6-11-22)14-15-7-4-3-5-8-15/h3-5,7-10,13H,2,6,11-12,14,22H2,1H3,(H,23,26). The van der Waals surface area contributed by atoms with Crippen molar-refractivity contribution in [1.29, 1.82) is 0 Å². The van der Waals surface area contributed by atoms with Crippen LogP contribution in [0.3, 0.4) is 0 Å². The molecule has 3 rings (SSSR count). The van der Waals surface area contributed by atoms with Crippen LogP contribution >= 0.6 is 0 Å². The van der Waals surface area contributed by atoms with Gasteiger partial charge >= 0.3 is 11.1 Å². The predicted octanol–water partition coefficient (Wildman–Crippen LogP) is 1.70. The van der Waals surface area contributed by atoms with Crippen LogP contribution in [0.15, 0.2) is 58.1 Å². The number of hydrogen-bond donors (Lipinski definition) is 2. The summed E-state index contributed by atoms with van der Waals surface area (Å²) in [5.74, 6) is -0.144. The highest BCUT2D eigenvalue weighted by molar-refractivity contribution is 5.97. The monoisotopic (exact) mass is 380 g/mol. The van der Waals surface area contributed by atoms with Crippen molar-refractivity contribution >= 4 is 16.9 Å². The maximum atomic E-state index is 13.1. The molecule has 0 aliphatic rings. The number of nitrogens with two attached hydrogens (primary N) is 1. The summed E-state index contributed by atoms with van der Waals surface area (Å²) in [7, 11) is 0. The van der Waals surface area contributed by atoms with E-state index < -0.39 is 11.1 Å². The van der Waals surface area contributed by atoms with Crippen LogP contribution in [-0.2, 0) is 13.1 Å². The number of fused-ring (bicyclic) bond motifs is 1. The second kappa shape index (κ2) is 8.67. The van der Waals surface area contributed by atoms with Gasteiger partial charge in [-0.25, -0.2) is 0 Å². The van der Waals surface area contributed by atoms with Gasteiger partial charge in [-0.05, 0) is 43.7 Å². The highest BCUT2D eigenvalue weighted by atomic mass is 16.2. The van der Waals surface area contributed by atoms with Gasteiger partial charge in [0.15, 0.2) is 0 Å². The van der Waals surface area contributed by atoms with Crippen LogP contribution in [0.1, 0.15) is 29.3 Å². The Morgan fingerprint density at radius 1 is 1.14 bits per heavy atom. The predicted molar refractivity (Wildman–Crippen MR) is 109 cm³/mol. The van der Waals surface area contributed by atoms with E-state index in [1.807, 2.05) is 30.3 Å². The largest absolute Gasteiger partial charge is 0.334 e. The van der Waals surface area contributed by atoms with E-state index >= 15 is 0 Å². The number of nitrogens with zero attached hydrogens (tertiary/aromatic N) is 2. The molecule has 0 spiro atoms. The highest BCUT2D eigenvalue weighted by Gasteiger charge is 2.17. The summed E-state index contributed by atoms with van der Waals surface area (Å²) in [6.45, 7) is 3.68. The molecule has 0 bridgehead atoms. The summed E-state index contributed by atoms with van der Waals surface area (Å²) in [6.07, 6.45) is 0.693. The molecule has 0 fully saturated rings. The first kappa shape index (κ1) is 19.6. The van der Waals surface area contributed by atoms with Crippen molar-refractivity contribution in [2.75, 3.05) is 13.1 Å². The molecule has 0 saturated heterocycles. The molecule has 0 aliphatic carbocycles. The van der Waals surface area contributed by atoms with E-state index in [0.29, 0.717) is 49.2 Å². The van der Waals surface area contributed by atoms with Crippen molar-refractivity contribution in [2.24, 2.45) is 5.73 Å². The molecule has 1 amide bonds. The molecule has 0 saturated carbocycles. The molecular weight excluding hydrogens is 356 g/mol. The van der Waals surface area contributed by atoms with E-state index in [1.165, 1.54) is 4.57 Å². The molecule has 3 aromatic rings. The molecule has 7 heteroatoms. The molecular formula is C21H24N4O3. The van der Waals surface area contributed by atoms with Crippen molar-refractivity contribution in [2.45, 2.75) is 26.4 Å². The summed E-state index contributed by atoms with van der Waals surface area (Å²) in [6, 6.07) is 14.8. The molecule has 0 radical (unpaired) electrons. The van der Waals surface area contributed by atoms with Crippen molar-refractivity contribution in [3.63, 3.8) is 0 Å². The van der Waals surface area contributed by atoms with E-state index in [0.717, 1.165) is 5.56 Å². The lowest BCUT2D eigenvalue weighted by molar-refractivity contribution is 0.0742. The lowest BCUT2D eigenvalue weighted by Gasteiger charge is -2.23. The number of aromatic amines is 1. The van der Waals surface area contributed by atoms with Gasteiger partial charge in [0.05, 0.1) is 11.0 Å². The Kier molecular flexibility index (Phi) is 6.06. The van der Waals surface area contributed by atoms with E-state index in [2.05, 4.69) is 4.98 Å². The SMILES string of the molecule is CCn1c(=O)c(=O)[nH]c2cc(C(=O)N(CCCN)Cc3ccccc3)ccc21. The summed E-state index contributed by atoms with van der Waals surface area (Å²) < 4.78 is 1.40. The van der Waals surface area contributed by atoms with Crippen molar-refractivity contribution in [3.8, 4) is 0 Å². The van der Waals surface area contributed by atoms with Gasteiger partial charge in [0.2, 0.25) is 0 Å². The number of H-pyrrole nitrogens is 1. The number of hydrogen-bond acceptors (Lipinski definition) is 4. The first-order valence-corrected chi connectivity index (χ1v) is 9.35. The topological polar surface area (TPSA) is 101 Å². The number of nitrogens with one attached hydrogen (secondary N) is 1. The Balaban J connectivity index is 1.98. The van der Waals surface area contributed by atoms with Crippen LogP contribution in [-0.4, -0.2) is 33.4 Å². The van der Waals surface area contributed by atoms with Crippen LogP contribution in [0.5, 0.6) is 0 Å². The van der Waals surface area contributed by atoms with Crippen molar-refractivity contribution in [3.05, 3.63) is 80.4 Å². The average molecular weight is 380 g/mol. The summed E-state index contributed by atoms with van der Waals surface area (Å²) in [5.41, 5.74) is 6.90. The summed E-state index contributed by atoms with van der Waals surface area (Å²) in [5, 5.41) is 0. The minimum Gasteiger partial charge on any atom is -0.334 e. The number of aromatic nitrogens is 2. The first-order valence-electron chi connectivity index (χ1n) is 9.35. The molecule has 1 aromatic heterocycles. The number of carbonyl (C=O) groups excluding carboxylic acids is 1. The number of amides is 1. The van der Waals surface area contributed by atoms with Crippen LogP contribution < -0.4 is 16.9 Å². The molecule has 0 aliphatic heterocycles. The second-order valence-corrected chi connectivity index (χ2v) is 6.59. The third kappa shape index (κ3) is 4.04. The zero-order valence-corrected chi connectivity index (χ0v) is 15.9. The van der Waals surface area contributed by atoms with E-state index in [-0.39, 0.29) is 5.91 Å². The molecule has 3 N–H and O–H groups in total. The van der Waals surface area contributed by atoms with E-state index in [1.54, 1.807) is 30.0 Å². The third-order valence-corrected chi connectivity index (χ3v) is 4.67. The average Bonchev–Trinajstić information content (AvgIpc) is 2.72. The molecule has 146 valence electrons. The zero-order chi connectivity index (χ0) is 20.1. The molecule has 1 heterocycles. The lowest BCUT2D eigenvalue weighted by Crippen LogP contribution is -2.36. The molecule has 2 aromatic carbocycles. The number of benzene rings is 2. The fourth-order valence-corrected chi connectivity index (χ4v) is 3.25. The number of carbonyl (C=O) groups is 1. The zero-order valence-electron chi connectivity index (χ0n) is 15.9. The maximum Gasteiger partial charge on any atom is 0.316 e. The third-order valence-electron chi connectivity index (χ3n) is 4.67. The molecule has 28 heavy (non-hydrogen) atoms. The first-order chi connectivity index (χ1) is 13.5. The van der Waals surface area contributed by atoms with Gasteiger partial charge in [0.1, 0.15) is 0 Å². The maximum absolute atomic E-state index is 13.1. The van der Waals surface area contributed by atoms with E-state index in [4.69, 9.17) is 5.73 Å². The number of rotatable bonds is 7. The van der Waals surface area contributed by atoms with Crippen molar-refractivity contribution in [1.82, 2.24) is 14.5 Å². The van der Waals surface area contributed by atoms with Gasteiger partial charge in [0, 0.05) is 25.2 Å². The molecule has 0 unspecified atom stereocenters. The lowest BCUT2D eigenvalue weighted by atomic mass is 10.1. The van der Waals surface area contributed by atoms with Gasteiger partial charge < -0.3 is 20.2 Å². The van der Waals surface area contributed by atoms with Gasteiger partial charge in [-0.15, -0.1) is 0 Å². The Morgan fingerprint density at radius 3 is 2.57 bits per heavy atom. The Bertz CT molecular complexity index is 1090. The van der Waals surface area contributed by atoms with Crippen LogP contribution in [0.25, 0.3) is 11.0 Å². The van der Waals surface area contributed by atoms with E-state index in [9.17, 15) is 14.4 Å². The second-order valence-electron chi connectivity index (χ2n) is 6.59. The van der Waals surface area contributed by atoms with Gasteiger partial charge in [0.25, 0.3) is 5.91 Å². The van der Waals surface area contributed by atoms with Crippen LogP contribution in [0.2, 0.25) is 0 Å². The van der Waals surface area contributed by atoms with Crippen molar-refractivity contribution < 1.29 is 4.79 Å². The Hall–Kier alpha value is -3.19. The molecule has 0 atom stereocenters. The normalized spacial score (nSPS) is 10.9. The smallest absolute Gasteiger partial charge is 0.316 e. The van der Waals surface area contributed by atoms with Crippen LogP contribution in [0, 0.1) is 0 Å². The fourth-order valence-electron chi connectivity index (χ4n) is 3.25. The Morgan fingerprint density at radius 2 is 1.89 bits per heavy atom. The minimum atomic E-state index is -0.691. The fraction of sp³-hybridized carbons (Fsp3) is 0.286. The summed E-state index contributed by atoms with van der Waals surface area (Å²) in [4.78, 5) is 41.4. The number of aryl methyl sites for hydroxylation is 1. The van der Waals surface area contributed by atoms with Gasteiger partial charge in [-0.3, -0.25) is 14.4 Å². The quantitative estimate of drug-likeness (QED) is 0.609. The Labute approximate surface area is 162 Å². The summed E-state index contributed by atoms with van der Waals surface area (Å²) >= 11 is 0. The highest BCUT2D eigenvalue weighted by Crippen LogP contribution is 2.15. The van der Waals surface area contributed by atoms with Gasteiger partial charge in [-0.1, -0.05) is 30.3 Å². The minimum absolute atomic E-state index is 0.144. The van der Waals surface area contributed by atoms with Gasteiger partial charge in [-0.2, -0.15) is 0 Å².